The first kappa shape index (κ1) is 20.9. The minimum atomic E-state index is -0.127. The lowest BCUT2D eigenvalue weighted by Crippen LogP contribution is -2.36. The molecule has 2 aromatic carbocycles. The monoisotopic (exact) mass is 408 g/mol. The molecule has 0 saturated carbocycles. The SMILES string of the molecule is CC(C(=O)C(C)c1ccc(N2CCOCC2)cc1)c1ccc(N2CCOCC2)cc1. The van der Waals surface area contributed by atoms with Crippen LogP contribution in [0.25, 0.3) is 0 Å². The first-order valence-electron chi connectivity index (χ1n) is 11.0. The van der Waals surface area contributed by atoms with E-state index in [0.717, 1.165) is 63.7 Å². The molecule has 2 saturated heterocycles. The summed E-state index contributed by atoms with van der Waals surface area (Å²) in [5.41, 5.74) is 4.56. The molecule has 2 aliphatic rings. The van der Waals surface area contributed by atoms with E-state index in [1.165, 1.54) is 11.4 Å². The quantitative estimate of drug-likeness (QED) is 0.727. The molecular formula is C25H32N2O3. The molecule has 2 aliphatic heterocycles. The van der Waals surface area contributed by atoms with Crippen LogP contribution in [0, 0.1) is 0 Å². The van der Waals surface area contributed by atoms with Crippen LogP contribution in [-0.2, 0) is 14.3 Å². The van der Waals surface area contributed by atoms with E-state index in [0.29, 0.717) is 0 Å². The molecule has 0 amide bonds. The van der Waals surface area contributed by atoms with Crippen molar-refractivity contribution >= 4 is 17.2 Å². The molecule has 0 N–H and O–H groups in total. The van der Waals surface area contributed by atoms with Gasteiger partial charge in [0.1, 0.15) is 5.78 Å². The van der Waals surface area contributed by atoms with Crippen LogP contribution >= 0.6 is 0 Å². The second kappa shape index (κ2) is 9.63. The maximum Gasteiger partial charge on any atom is 0.147 e. The maximum absolute atomic E-state index is 13.2. The van der Waals surface area contributed by atoms with Gasteiger partial charge in [0.2, 0.25) is 0 Å². The van der Waals surface area contributed by atoms with Crippen LogP contribution in [0.3, 0.4) is 0 Å². The first-order chi connectivity index (χ1) is 14.6. The highest BCUT2D eigenvalue weighted by Crippen LogP contribution is 2.29. The van der Waals surface area contributed by atoms with E-state index in [1.807, 2.05) is 13.8 Å². The summed E-state index contributed by atoms with van der Waals surface area (Å²) < 4.78 is 10.9. The van der Waals surface area contributed by atoms with Crippen LogP contribution < -0.4 is 9.80 Å². The molecule has 2 heterocycles. The van der Waals surface area contributed by atoms with E-state index in [-0.39, 0.29) is 17.6 Å². The Balaban J connectivity index is 1.40. The van der Waals surface area contributed by atoms with Crippen molar-refractivity contribution in [2.45, 2.75) is 25.7 Å². The van der Waals surface area contributed by atoms with Gasteiger partial charge in [-0.1, -0.05) is 38.1 Å². The summed E-state index contributed by atoms with van der Waals surface area (Å²) in [6.45, 7) is 10.8. The second-order valence-corrected chi connectivity index (χ2v) is 8.23. The molecule has 0 radical (unpaired) electrons. The Morgan fingerprint density at radius 1 is 0.667 bits per heavy atom. The van der Waals surface area contributed by atoms with Gasteiger partial charge in [0.05, 0.1) is 26.4 Å². The third-order valence-electron chi connectivity index (χ3n) is 6.39. The summed E-state index contributed by atoms with van der Waals surface area (Å²) in [5.74, 6) is 0.00330. The Morgan fingerprint density at radius 2 is 1.00 bits per heavy atom. The van der Waals surface area contributed by atoms with Crippen molar-refractivity contribution in [3.63, 3.8) is 0 Å². The van der Waals surface area contributed by atoms with Gasteiger partial charge in [-0.2, -0.15) is 0 Å². The summed E-state index contributed by atoms with van der Waals surface area (Å²) in [7, 11) is 0. The Kier molecular flexibility index (Phi) is 6.70. The molecular weight excluding hydrogens is 376 g/mol. The molecule has 0 bridgehead atoms. The summed E-state index contributed by atoms with van der Waals surface area (Å²) >= 11 is 0. The minimum Gasteiger partial charge on any atom is -0.378 e. The summed E-state index contributed by atoms with van der Waals surface area (Å²) in [4.78, 5) is 17.8. The number of morpholine rings is 2. The molecule has 5 heteroatoms. The lowest BCUT2D eigenvalue weighted by molar-refractivity contribution is -0.121. The van der Waals surface area contributed by atoms with Crippen LogP contribution in [-0.4, -0.2) is 58.4 Å². The normalized spacial score (nSPS) is 19.4. The van der Waals surface area contributed by atoms with Crippen LogP contribution in [0.5, 0.6) is 0 Å². The van der Waals surface area contributed by atoms with Gasteiger partial charge in [0, 0.05) is 49.4 Å². The molecule has 5 nitrogen and oxygen atoms in total. The molecule has 0 aliphatic carbocycles. The first-order valence-corrected chi connectivity index (χ1v) is 11.0. The van der Waals surface area contributed by atoms with E-state index < -0.39 is 0 Å². The van der Waals surface area contributed by atoms with Gasteiger partial charge in [-0.25, -0.2) is 0 Å². The molecule has 4 rings (SSSR count). The van der Waals surface area contributed by atoms with E-state index in [4.69, 9.17) is 9.47 Å². The number of carbonyl (C=O) groups excluding carboxylic acids is 1. The van der Waals surface area contributed by atoms with Gasteiger partial charge >= 0.3 is 0 Å². The topological polar surface area (TPSA) is 42.0 Å². The average molecular weight is 409 g/mol. The second-order valence-electron chi connectivity index (χ2n) is 8.23. The number of hydrogen-bond acceptors (Lipinski definition) is 5. The van der Waals surface area contributed by atoms with Crippen LogP contribution in [0.4, 0.5) is 11.4 Å². The smallest absolute Gasteiger partial charge is 0.147 e. The number of Topliss-reactive ketones (excluding diaryl/α,β-unsaturated/α-hetero) is 1. The lowest BCUT2D eigenvalue weighted by atomic mass is 9.85. The fraction of sp³-hybridized carbons (Fsp3) is 0.480. The van der Waals surface area contributed by atoms with Crippen molar-refractivity contribution in [2.75, 3.05) is 62.4 Å². The number of nitrogens with zero attached hydrogens (tertiary/aromatic N) is 2. The zero-order valence-corrected chi connectivity index (χ0v) is 18.0. The Labute approximate surface area is 179 Å². The summed E-state index contributed by atoms with van der Waals surface area (Å²) in [6, 6.07) is 16.9. The molecule has 2 fully saturated rings. The van der Waals surface area contributed by atoms with Crippen LogP contribution in [0.15, 0.2) is 48.5 Å². The van der Waals surface area contributed by atoms with E-state index >= 15 is 0 Å². The fourth-order valence-corrected chi connectivity index (χ4v) is 4.29. The van der Waals surface area contributed by atoms with E-state index in [1.54, 1.807) is 0 Å². The Morgan fingerprint density at radius 3 is 1.33 bits per heavy atom. The van der Waals surface area contributed by atoms with E-state index in [2.05, 4.69) is 58.3 Å². The van der Waals surface area contributed by atoms with Gasteiger partial charge < -0.3 is 19.3 Å². The number of ether oxygens (including phenoxy) is 2. The standard InChI is InChI=1S/C25H32N2O3/c1-19(21-3-7-23(8-4-21)26-11-15-29-16-12-26)25(28)20(2)22-5-9-24(10-6-22)27-13-17-30-18-14-27/h3-10,19-20H,11-18H2,1-2H3. The Bertz CT molecular complexity index is 753. The molecule has 2 atom stereocenters. The number of carbonyl (C=O) groups is 1. The number of hydrogen-bond donors (Lipinski definition) is 0. The third-order valence-corrected chi connectivity index (χ3v) is 6.39. The van der Waals surface area contributed by atoms with Crippen molar-refractivity contribution < 1.29 is 14.3 Å². The fourth-order valence-electron chi connectivity index (χ4n) is 4.29. The van der Waals surface area contributed by atoms with Gasteiger partial charge in [0.15, 0.2) is 0 Å². The van der Waals surface area contributed by atoms with E-state index in [9.17, 15) is 4.79 Å². The van der Waals surface area contributed by atoms with Gasteiger partial charge in [0.25, 0.3) is 0 Å². The van der Waals surface area contributed by atoms with Crippen molar-refractivity contribution in [3.05, 3.63) is 59.7 Å². The highest BCUT2D eigenvalue weighted by molar-refractivity contribution is 5.91. The van der Waals surface area contributed by atoms with Gasteiger partial charge in [-0.3, -0.25) is 4.79 Å². The van der Waals surface area contributed by atoms with Crippen molar-refractivity contribution in [1.29, 1.82) is 0 Å². The molecule has 0 spiro atoms. The molecule has 2 aromatic rings. The predicted octanol–water partition coefficient (Wildman–Crippen LogP) is 3.84. The van der Waals surface area contributed by atoms with Crippen molar-refractivity contribution in [3.8, 4) is 0 Å². The zero-order chi connectivity index (χ0) is 20.9. The number of ketones is 1. The summed E-state index contributed by atoms with van der Waals surface area (Å²) in [5, 5.41) is 0. The molecule has 160 valence electrons. The van der Waals surface area contributed by atoms with Gasteiger partial charge in [-0.05, 0) is 35.4 Å². The number of anilines is 2. The van der Waals surface area contributed by atoms with Crippen LogP contribution in [0.1, 0.15) is 36.8 Å². The molecule has 30 heavy (non-hydrogen) atoms. The Hall–Kier alpha value is -2.37. The zero-order valence-electron chi connectivity index (χ0n) is 18.0. The predicted molar refractivity (Wildman–Crippen MR) is 121 cm³/mol. The van der Waals surface area contributed by atoms with Gasteiger partial charge in [-0.15, -0.1) is 0 Å². The molecule has 0 aromatic heterocycles. The van der Waals surface area contributed by atoms with Crippen LogP contribution in [0.2, 0.25) is 0 Å². The number of rotatable bonds is 6. The largest absolute Gasteiger partial charge is 0.378 e. The average Bonchev–Trinajstić information content (AvgIpc) is 2.84. The summed E-state index contributed by atoms with van der Waals surface area (Å²) in [6.07, 6.45) is 0. The highest BCUT2D eigenvalue weighted by atomic mass is 16.5. The third kappa shape index (κ3) is 4.68. The maximum atomic E-state index is 13.2. The number of benzene rings is 2. The highest BCUT2D eigenvalue weighted by Gasteiger charge is 2.23. The minimum absolute atomic E-state index is 0.127. The van der Waals surface area contributed by atoms with Crippen molar-refractivity contribution in [2.24, 2.45) is 0 Å². The van der Waals surface area contributed by atoms with Crippen molar-refractivity contribution in [1.82, 2.24) is 0 Å². The lowest BCUT2D eigenvalue weighted by Gasteiger charge is -2.29. The molecule has 2 unspecified atom stereocenters.